The first-order valence-electron chi connectivity index (χ1n) is 7.96. The van der Waals surface area contributed by atoms with Gasteiger partial charge in [-0.3, -0.25) is 14.5 Å². The highest BCUT2D eigenvalue weighted by atomic mass is 35.5. The SMILES string of the molecule is CCC[C@]1(c2ccccc2)NC(=O)N(CC(=O)c2ccc(Cl)s2)C1=O. The van der Waals surface area contributed by atoms with Crippen molar-refractivity contribution in [2.75, 3.05) is 6.54 Å². The summed E-state index contributed by atoms with van der Waals surface area (Å²) < 4.78 is 0.491. The van der Waals surface area contributed by atoms with Crippen LogP contribution in [0.2, 0.25) is 4.34 Å². The fourth-order valence-electron chi connectivity index (χ4n) is 3.06. The number of halogens is 1. The van der Waals surface area contributed by atoms with E-state index < -0.39 is 11.6 Å². The average molecular weight is 377 g/mol. The van der Waals surface area contributed by atoms with E-state index in [2.05, 4.69) is 5.32 Å². The van der Waals surface area contributed by atoms with E-state index in [1.165, 1.54) is 0 Å². The summed E-state index contributed by atoms with van der Waals surface area (Å²) in [5.74, 6) is -0.692. The van der Waals surface area contributed by atoms with Crippen molar-refractivity contribution in [1.82, 2.24) is 10.2 Å². The lowest BCUT2D eigenvalue weighted by Gasteiger charge is -2.26. The third-order valence-electron chi connectivity index (χ3n) is 4.22. The number of hydrogen-bond acceptors (Lipinski definition) is 4. The van der Waals surface area contributed by atoms with Crippen LogP contribution in [0.4, 0.5) is 4.79 Å². The number of rotatable bonds is 6. The maximum atomic E-state index is 13.1. The fraction of sp³-hybridized carbons (Fsp3) is 0.278. The number of nitrogens with one attached hydrogen (secondary N) is 1. The van der Waals surface area contributed by atoms with Crippen LogP contribution in [-0.4, -0.2) is 29.2 Å². The fourth-order valence-corrected chi connectivity index (χ4v) is 4.04. The number of imide groups is 1. The van der Waals surface area contributed by atoms with E-state index in [4.69, 9.17) is 11.6 Å². The Morgan fingerprint density at radius 2 is 1.92 bits per heavy atom. The van der Waals surface area contributed by atoms with Crippen LogP contribution in [0, 0.1) is 0 Å². The van der Waals surface area contributed by atoms with Crippen LogP contribution in [0.3, 0.4) is 0 Å². The van der Waals surface area contributed by atoms with Gasteiger partial charge in [0.2, 0.25) is 0 Å². The molecule has 1 fully saturated rings. The average Bonchev–Trinajstić information content (AvgIpc) is 3.14. The number of hydrogen-bond donors (Lipinski definition) is 1. The van der Waals surface area contributed by atoms with Crippen molar-refractivity contribution in [1.29, 1.82) is 0 Å². The van der Waals surface area contributed by atoms with Crippen LogP contribution >= 0.6 is 22.9 Å². The Balaban J connectivity index is 1.89. The van der Waals surface area contributed by atoms with Crippen LogP contribution < -0.4 is 5.32 Å². The van der Waals surface area contributed by atoms with Crippen molar-refractivity contribution in [3.05, 3.63) is 57.2 Å². The Morgan fingerprint density at radius 1 is 1.20 bits per heavy atom. The van der Waals surface area contributed by atoms with E-state index in [1.54, 1.807) is 12.1 Å². The van der Waals surface area contributed by atoms with Gasteiger partial charge >= 0.3 is 6.03 Å². The predicted molar refractivity (Wildman–Crippen MR) is 96.9 cm³/mol. The lowest BCUT2D eigenvalue weighted by molar-refractivity contribution is -0.131. The first kappa shape index (κ1) is 17.6. The number of amides is 3. The molecule has 1 aromatic heterocycles. The summed E-state index contributed by atoms with van der Waals surface area (Å²) in [6.45, 7) is 1.66. The lowest BCUT2D eigenvalue weighted by atomic mass is 9.85. The second-order valence-electron chi connectivity index (χ2n) is 5.87. The van der Waals surface area contributed by atoms with Gasteiger partial charge in [-0.05, 0) is 24.1 Å². The highest BCUT2D eigenvalue weighted by Gasteiger charge is 2.52. The Bertz CT molecular complexity index is 821. The van der Waals surface area contributed by atoms with E-state index in [1.807, 2.05) is 37.3 Å². The summed E-state index contributed by atoms with van der Waals surface area (Å²) in [5.41, 5.74) is -0.384. The van der Waals surface area contributed by atoms with Gasteiger partial charge < -0.3 is 5.32 Å². The number of ketones is 1. The number of benzene rings is 1. The van der Waals surface area contributed by atoms with E-state index in [0.717, 1.165) is 21.8 Å². The minimum absolute atomic E-state index is 0.292. The van der Waals surface area contributed by atoms with Gasteiger partial charge in [-0.1, -0.05) is 55.3 Å². The Hall–Kier alpha value is -2.18. The molecule has 3 rings (SSSR count). The Kier molecular flexibility index (Phi) is 4.92. The molecule has 2 aromatic rings. The second kappa shape index (κ2) is 6.98. The van der Waals surface area contributed by atoms with Crippen LogP contribution in [0.15, 0.2) is 42.5 Å². The van der Waals surface area contributed by atoms with Crippen molar-refractivity contribution < 1.29 is 14.4 Å². The summed E-state index contributed by atoms with van der Waals surface area (Å²) in [6.07, 6.45) is 1.18. The third kappa shape index (κ3) is 3.19. The number of urea groups is 1. The molecule has 0 radical (unpaired) electrons. The van der Waals surface area contributed by atoms with Crippen molar-refractivity contribution >= 4 is 40.7 Å². The van der Waals surface area contributed by atoms with Gasteiger partial charge in [0, 0.05) is 0 Å². The summed E-state index contributed by atoms with van der Waals surface area (Å²) in [7, 11) is 0. The summed E-state index contributed by atoms with van der Waals surface area (Å²) in [6, 6.07) is 11.8. The highest BCUT2D eigenvalue weighted by Crippen LogP contribution is 2.34. The van der Waals surface area contributed by atoms with Gasteiger partial charge in [-0.15, -0.1) is 11.3 Å². The third-order valence-corrected chi connectivity index (χ3v) is 5.49. The molecule has 1 atom stereocenters. The van der Waals surface area contributed by atoms with Crippen LogP contribution in [0.25, 0.3) is 0 Å². The molecule has 1 aromatic carbocycles. The first-order valence-corrected chi connectivity index (χ1v) is 9.15. The monoisotopic (exact) mass is 376 g/mol. The second-order valence-corrected chi connectivity index (χ2v) is 7.58. The predicted octanol–water partition coefficient (Wildman–Crippen LogP) is 3.83. The molecule has 1 aliphatic heterocycles. The number of carbonyl (C=O) groups is 3. The summed E-state index contributed by atoms with van der Waals surface area (Å²) in [5, 5.41) is 2.81. The minimum atomic E-state index is -1.11. The Morgan fingerprint density at radius 3 is 2.52 bits per heavy atom. The number of carbonyl (C=O) groups excluding carboxylic acids is 3. The lowest BCUT2D eigenvalue weighted by Crippen LogP contribution is -2.44. The molecule has 2 heterocycles. The van der Waals surface area contributed by atoms with Crippen molar-refractivity contribution in [2.24, 2.45) is 0 Å². The van der Waals surface area contributed by atoms with Gasteiger partial charge in [0.15, 0.2) is 5.78 Å². The molecule has 1 saturated heterocycles. The van der Waals surface area contributed by atoms with Gasteiger partial charge in [0.1, 0.15) is 5.54 Å². The van der Waals surface area contributed by atoms with Crippen molar-refractivity contribution in [3.63, 3.8) is 0 Å². The van der Waals surface area contributed by atoms with E-state index >= 15 is 0 Å². The first-order chi connectivity index (χ1) is 12.0. The van der Waals surface area contributed by atoms with Crippen molar-refractivity contribution in [2.45, 2.75) is 25.3 Å². The topological polar surface area (TPSA) is 66.5 Å². The maximum absolute atomic E-state index is 13.1. The highest BCUT2D eigenvalue weighted by molar-refractivity contribution is 7.18. The molecular weight excluding hydrogens is 360 g/mol. The molecule has 1 aliphatic rings. The smallest absolute Gasteiger partial charge is 0.319 e. The van der Waals surface area contributed by atoms with Gasteiger partial charge in [-0.2, -0.15) is 0 Å². The van der Waals surface area contributed by atoms with E-state index in [9.17, 15) is 14.4 Å². The molecule has 5 nitrogen and oxygen atoms in total. The largest absolute Gasteiger partial charge is 0.325 e. The quantitative estimate of drug-likeness (QED) is 0.615. The zero-order valence-corrected chi connectivity index (χ0v) is 15.2. The zero-order chi connectivity index (χ0) is 18.0. The molecule has 0 saturated carbocycles. The molecule has 1 N–H and O–H groups in total. The summed E-state index contributed by atoms with van der Waals surface area (Å²) in [4.78, 5) is 39.3. The van der Waals surface area contributed by atoms with Crippen molar-refractivity contribution in [3.8, 4) is 0 Å². The number of nitrogens with zero attached hydrogens (tertiary/aromatic N) is 1. The molecule has 25 heavy (non-hydrogen) atoms. The molecule has 0 spiro atoms. The number of Topliss-reactive ketones (excluding diaryl/α,β-unsaturated/α-hetero) is 1. The van der Waals surface area contributed by atoms with Gasteiger partial charge in [0.25, 0.3) is 5.91 Å². The summed E-state index contributed by atoms with van der Waals surface area (Å²) >= 11 is 6.99. The van der Waals surface area contributed by atoms with Crippen LogP contribution in [-0.2, 0) is 10.3 Å². The molecule has 0 unspecified atom stereocenters. The van der Waals surface area contributed by atoms with Crippen LogP contribution in [0.5, 0.6) is 0 Å². The van der Waals surface area contributed by atoms with Gasteiger partial charge in [0.05, 0.1) is 15.8 Å². The maximum Gasteiger partial charge on any atom is 0.325 e. The minimum Gasteiger partial charge on any atom is -0.319 e. The molecule has 0 bridgehead atoms. The molecule has 3 amide bonds. The normalized spacial score (nSPS) is 20.0. The number of thiophene rings is 1. The standard InChI is InChI=1S/C18H17ClN2O3S/c1-2-10-18(12-6-4-3-5-7-12)16(23)21(17(24)20-18)11-13(22)14-8-9-15(19)25-14/h3-9H,2,10-11H2,1H3,(H,20,24)/t18-/m1/s1. The van der Waals surface area contributed by atoms with Gasteiger partial charge in [-0.25, -0.2) is 4.79 Å². The molecule has 0 aliphatic carbocycles. The molecular formula is C18H17ClN2O3S. The van der Waals surface area contributed by atoms with E-state index in [0.29, 0.717) is 22.1 Å². The van der Waals surface area contributed by atoms with E-state index in [-0.39, 0.29) is 18.2 Å². The molecule has 130 valence electrons. The van der Waals surface area contributed by atoms with Crippen LogP contribution in [0.1, 0.15) is 35.0 Å². The zero-order valence-electron chi connectivity index (χ0n) is 13.6. The Labute approximate surface area is 154 Å². The molecule has 7 heteroatoms.